The van der Waals surface area contributed by atoms with E-state index in [1.54, 1.807) is 12.1 Å². The van der Waals surface area contributed by atoms with Crippen LogP contribution in [-0.4, -0.2) is 41.7 Å². The minimum absolute atomic E-state index is 0.0705. The molecular formula is C14H18BrClN2O2. The molecule has 0 saturated carbocycles. The molecule has 110 valence electrons. The van der Waals surface area contributed by atoms with Crippen molar-refractivity contribution in [1.29, 1.82) is 0 Å². The predicted molar refractivity (Wildman–Crippen MR) is 84.0 cm³/mol. The number of aliphatic hydroxyl groups excluding tert-OH is 1. The molecule has 0 aliphatic carbocycles. The molecule has 1 fully saturated rings. The molecule has 1 aromatic rings. The van der Waals surface area contributed by atoms with Crippen molar-refractivity contribution in [2.24, 2.45) is 5.92 Å². The average Bonchev–Trinajstić information content (AvgIpc) is 2.73. The van der Waals surface area contributed by atoms with E-state index in [1.807, 2.05) is 11.0 Å². The van der Waals surface area contributed by atoms with Gasteiger partial charge in [0.2, 0.25) is 5.91 Å². The van der Waals surface area contributed by atoms with Crippen molar-refractivity contribution in [3.05, 3.63) is 27.7 Å². The van der Waals surface area contributed by atoms with Gasteiger partial charge in [-0.05, 0) is 37.1 Å². The van der Waals surface area contributed by atoms with Crippen LogP contribution in [0.5, 0.6) is 0 Å². The second-order valence-corrected chi connectivity index (χ2v) is 6.48. The lowest BCUT2D eigenvalue weighted by molar-refractivity contribution is -0.117. The van der Waals surface area contributed by atoms with E-state index < -0.39 is 0 Å². The molecule has 1 heterocycles. The topological polar surface area (TPSA) is 52.6 Å². The fourth-order valence-electron chi connectivity index (χ4n) is 2.54. The van der Waals surface area contributed by atoms with Gasteiger partial charge in [-0.25, -0.2) is 0 Å². The molecule has 1 saturated heterocycles. The highest BCUT2D eigenvalue weighted by Crippen LogP contribution is 2.26. The van der Waals surface area contributed by atoms with Crippen LogP contribution in [0.25, 0.3) is 0 Å². The maximum absolute atomic E-state index is 12.1. The standard InChI is InChI=1S/C14H18BrClN2O2/c1-9-4-5-18(13(9)8-19)7-14(20)17-12-3-2-10(15)6-11(12)16/h2-3,6,9,13,19H,4-5,7-8H2,1H3,(H,17,20). The van der Waals surface area contributed by atoms with Crippen molar-refractivity contribution >= 4 is 39.1 Å². The number of carbonyl (C=O) groups excluding carboxylic acids is 1. The summed E-state index contributed by atoms with van der Waals surface area (Å²) in [6.07, 6.45) is 1.01. The summed E-state index contributed by atoms with van der Waals surface area (Å²) in [5, 5.41) is 12.7. The summed E-state index contributed by atoms with van der Waals surface area (Å²) in [5.41, 5.74) is 0.604. The Kier molecular flexibility index (Phi) is 5.43. The van der Waals surface area contributed by atoms with Crippen molar-refractivity contribution in [3.63, 3.8) is 0 Å². The van der Waals surface area contributed by atoms with Crippen LogP contribution in [0.2, 0.25) is 5.02 Å². The molecule has 1 aliphatic heterocycles. The summed E-state index contributed by atoms with van der Waals surface area (Å²) in [6.45, 7) is 3.31. The minimum Gasteiger partial charge on any atom is -0.395 e. The van der Waals surface area contributed by atoms with Crippen LogP contribution >= 0.6 is 27.5 Å². The Bertz CT molecular complexity index is 498. The maximum atomic E-state index is 12.1. The van der Waals surface area contributed by atoms with Crippen LogP contribution in [0, 0.1) is 5.92 Å². The quantitative estimate of drug-likeness (QED) is 0.867. The number of benzene rings is 1. The van der Waals surface area contributed by atoms with Gasteiger partial charge in [0, 0.05) is 10.5 Å². The first kappa shape index (κ1) is 15.8. The number of amides is 1. The molecule has 1 amide bonds. The molecule has 2 unspecified atom stereocenters. The van der Waals surface area contributed by atoms with E-state index in [2.05, 4.69) is 28.2 Å². The largest absolute Gasteiger partial charge is 0.395 e. The number of carbonyl (C=O) groups is 1. The fraction of sp³-hybridized carbons (Fsp3) is 0.500. The Morgan fingerprint density at radius 3 is 3.00 bits per heavy atom. The molecule has 6 heteroatoms. The number of anilines is 1. The lowest BCUT2D eigenvalue weighted by atomic mass is 10.0. The van der Waals surface area contributed by atoms with Gasteiger partial charge in [0.05, 0.1) is 23.9 Å². The lowest BCUT2D eigenvalue weighted by Crippen LogP contribution is -2.40. The average molecular weight is 362 g/mol. The van der Waals surface area contributed by atoms with E-state index in [9.17, 15) is 9.90 Å². The van der Waals surface area contributed by atoms with Crippen molar-refractivity contribution in [2.45, 2.75) is 19.4 Å². The smallest absolute Gasteiger partial charge is 0.238 e. The van der Waals surface area contributed by atoms with E-state index in [4.69, 9.17) is 11.6 Å². The molecule has 1 aliphatic rings. The van der Waals surface area contributed by atoms with Gasteiger partial charge in [-0.3, -0.25) is 9.69 Å². The molecule has 1 aromatic carbocycles. The number of nitrogens with zero attached hydrogens (tertiary/aromatic N) is 1. The Morgan fingerprint density at radius 2 is 2.35 bits per heavy atom. The third kappa shape index (κ3) is 3.73. The number of rotatable bonds is 4. The second kappa shape index (κ2) is 6.89. The van der Waals surface area contributed by atoms with Gasteiger partial charge in [0.1, 0.15) is 0 Å². The van der Waals surface area contributed by atoms with Gasteiger partial charge < -0.3 is 10.4 Å². The number of halogens is 2. The zero-order chi connectivity index (χ0) is 14.7. The highest BCUT2D eigenvalue weighted by atomic mass is 79.9. The summed E-state index contributed by atoms with van der Waals surface area (Å²) in [4.78, 5) is 14.1. The molecule has 2 rings (SSSR count). The first-order chi connectivity index (χ1) is 9.51. The van der Waals surface area contributed by atoms with Crippen LogP contribution in [-0.2, 0) is 4.79 Å². The van der Waals surface area contributed by atoms with Crippen molar-refractivity contribution in [3.8, 4) is 0 Å². The van der Waals surface area contributed by atoms with Gasteiger partial charge in [-0.1, -0.05) is 34.5 Å². The molecular weight excluding hydrogens is 344 g/mol. The van der Waals surface area contributed by atoms with Crippen molar-refractivity contribution in [2.75, 3.05) is 25.0 Å². The van der Waals surface area contributed by atoms with E-state index in [0.717, 1.165) is 17.4 Å². The number of likely N-dealkylation sites (tertiary alicyclic amines) is 1. The normalized spacial score (nSPS) is 23.0. The van der Waals surface area contributed by atoms with Crippen LogP contribution in [0.3, 0.4) is 0 Å². The summed E-state index contributed by atoms with van der Waals surface area (Å²) in [5.74, 6) is 0.311. The summed E-state index contributed by atoms with van der Waals surface area (Å²) in [7, 11) is 0. The minimum atomic E-state index is -0.109. The zero-order valence-corrected chi connectivity index (χ0v) is 13.6. The lowest BCUT2D eigenvalue weighted by Gasteiger charge is -2.24. The highest BCUT2D eigenvalue weighted by Gasteiger charge is 2.31. The summed E-state index contributed by atoms with van der Waals surface area (Å²) >= 11 is 9.40. The third-order valence-corrected chi connectivity index (χ3v) is 4.54. The number of aliphatic hydroxyl groups is 1. The molecule has 0 aromatic heterocycles. The highest BCUT2D eigenvalue weighted by molar-refractivity contribution is 9.10. The molecule has 2 N–H and O–H groups in total. The first-order valence-corrected chi connectivity index (χ1v) is 7.78. The molecule has 0 bridgehead atoms. The summed E-state index contributed by atoms with van der Waals surface area (Å²) in [6, 6.07) is 5.41. The van der Waals surface area contributed by atoms with Gasteiger partial charge in [0.25, 0.3) is 0 Å². The molecule has 20 heavy (non-hydrogen) atoms. The third-order valence-electron chi connectivity index (χ3n) is 3.74. The van der Waals surface area contributed by atoms with Crippen molar-refractivity contribution < 1.29 is 9.90 Å². The van der Waals surface area contributed by atoms with E-state index >= 15 is 0 Å². The number of hydrogen-bond donors (Lipinski definition) is 2. The van der Waals surface area contributed by atoms with E-state index in [-0.39, 0.29) is 25.1 Å². The van der Waals surface area contributed by atoms with Gasteiger partial charge in [-0.15, -0.1) is 0 Å². The monoisotopic (exact) mass is 360 g/mol. The summed E-state index contributed by atoms with van der Waals surface area (Å²) < 4.78 is 0.870. The predicted octanol–water partition coefficient (Wildman–Crippen LogP) is 2.74. The Balaban J connectivity index is 1.95. The first-order valence-electron chi connectivity index (χ1n) is 6.61. The van der Waals surface area contributed by atoms with E-state index in [1.165, 1.54) is 0 Å². The van der Waals surface area contributed by atoms with E-state index in [0.29, 0.717) is 16.6 Å². The van der Waals surface area contributed by atoms with Gasteiger partial charge in [-0.2, -0.15) is 0 Å². The van der Waals surface area contributed by atoms with Crippen molar-refractivity contribution in [1.82, 2.24) is 4.90 Å². The molecule has 0 radical (unpaired) electrons. The fourth-order valence-corrected chi connectivity index (χ4v) is 3.26. The van der Waals surface area contributed by atoms with Gasteiger partial charge >= 0.3 is 0 Å². The Labute approximate surface area is 132 Å². The van der Waals surface area contributed by atoms with Crippen LogP contribution in [0.1, 0.15) is 13.3 Å². The second-order valence-electron chi connectivity index (χ2n) is 5.16. The Morgan fingerprint density at radius 1 is 1.60 bits per heavy atom. The van der Waals surface area contributed by atoms with Gasteiger partial charge in [0.15, 0.2) is 0 Å². The number of hydrogen-bond acceptors (Lipinski definition) is 3. The SMILES string of the molecule is CC1CCN(CC(=O)Nc2ccc(Br)cc2Cl)C1CO. The Hall–Kier alpha value is -0.620. The molecule has 4 nitrogen and oxygen atoms in total. The maximum Gasteiger partial charge on any atom is 0.238 e. The van der Waals surface area contributed by atoms with Crippen LogP contribution < -0.4 is 5.32 Å². The van der Waals surface area contributed by atoms with Crippen LogP contribution in [0.15, 0.2) is 22.7 Å². The number of nitrogens with one attached hydrogen (secondary N) is 1. The zero-order valence-electron chi connectivity index (χ0n) is 11.3. The molecule has 0 spiro atoms. The van der Waals surface area contributed by atoms with Crippen LogP contribution in [0.4, 0.5) is 5.69 Å². The molecule has 2 atom stereocenters.